The van der Waals surface area contributed by atoms with Crippen LogP contribution in [0, 0.1) is 19.8 Å². The second-order valence-electron chi connectivity index (χ2n) is 7.60. The van der Waals surface area contributed by atoms with Gasteiger partial charge in [-0.3, -0.25) is 25.2 Å². The van der Waals surface area contributed by atoms with Gasteiger partial charge < -0.3 is 10.1 Å². The van der Waals surface area contributed by atoms with E-state index in [9.17, 15) is 14.4 Å². The van der Waals surface area contributed by atoms with Gasteiger partial charge in [-0.05, 0) is 55.7 Å². The molecule has 2 rings (SSSR count). The van der Waals surface area contributed by atoms with E-state index in [0.29, 0.717) is 23.8 Å². The van der Waals surface area contributed by atoms with Crippen LogP contribution in [0.2, 0.25) is 0 Å². The van der Waals surface area contributed by atoms with Gasteiger partial charge in [0.15, 0.2) is 0 Å². The van der Waals surface area contributed by atoms with Crippen LogP contribution >= 0.6 is 0 Å². The van der Waals surface area contributed by atoms with E-state index in [0.717, 1.165) is 16.8 Å². The molecule has 0 spiro atoms. The van der Waals surface area contributed by atoms with Gasteiger partial charge in [0.25, 0.3) is 5.91 Å². The van der Waals surface area contributed by atoms with Crippen LogP contribution in [0.1, 0.15) is 48.2 Å². The van der Waals surface area contributed by atoms with Gasteiger partial charge in [0.1, 0.15) is 5.75 Å². The molecular weight excluding hydrogens is 382 g/mol. The molecule has 7 heteroatoms. The number of anilines is 1. The van der Waals surface area contributed by atoms with Crippen LogP contribution in [-0.2, 0) is 9.59 Å². The normalized spacial score (nSPS) is 10.4. The highest BCUT2D eigenvalue weighted by Crippen LogP contribution is 2.16. The quantitative estimate of drug-likeness (QED) is 0.579. The van der Waals surface area contributed by atoms with Gasteiger partial charge in [-0.2, -0.15) is 0 Å². The van der Waals surface area contributed by atoms with Crippen LogP contribution in [0.5, 0.6) is 5.75 Å². The standard InChI is InChI=1S/C23H29N3O4/c1-15(2)14-30-19-8-6-18(7-9-19)23(29)26-25-22(28)12-11-21(27)24-20-10-5-16(3)13-17(20)4/h5-10,13,15H,11-12,14H2,1-4H3,(H,24,27)(H,25,28)(H,26,29). The molecule has 0 radical (unpaired) electrons. The van der Waals surface area contributed by atoms with E-state index in [4.69, 9.17) is 4.74 Å². The molecule has 7 nitrogen and oxygen atoms in total. The summed E-state index contributed by atoms with van der Waals surface area (Å²) in [5, 5.41) is 2.79. The number of hydrogen-bond acceptors (Lipinski definition) is 4. The van der Waals surface area contributed by atoms with E-state index in [1.807, 2.05) is 32.0 Å². The number of rotatable bonds is 8. The van der Waals surface area contributed by atoms with Crippen molar-refractivity contribution in [2.75, 3.05) is 11.9 Å². The summed E-state index contributed by atoms with van der Waals surface area (Å²) in [4.78, 5) is 36.1. The van der Waals surface area contributed by atoms with E-state index in [1.165, 1.54) is 0 Å². The molecule has 0 aliphatic rings. The summed E-state index contributed by atoms with van der Waals surface area (Å²) < 4.78 is 5.57. The van der Waals surface area contributed by atoms with Gasteiger partial charge in [0.2, 0.25) is 11.8 Å². The summed E-state index contributed by atoms with van der Waals surface area (Å²) in [6.07, 6.45) is -0.0318. The lowest BCUT2D eigenvalue weighted by atomic mass is 10.1. The van der Waals surface area contributed by atoms with Crippen LogP contribution in [0.15, 0.2) is 42.5 Å². The topological polar surface area (TPSA) is 96.5 Å². The molecule has 3 N–H and O–H groups in total. The first-order chi connectivity index (χ1) is 14.2. The fourth-order valence-electron chi connectivity index (χ4n) is 2.62. The van der Waals surface area contributed by atoms with Crippen molar-refractivity contribution in [3.63, 3.8) is 0 Å². The van der Waals surface area contributed by atoms with Crippen LogP contribution < -0.4 is 20.9 Å². The number of hydrogen-bond donors (Lipinski definition) is 3. The van der Waals surface area contributed by atoms with Crippen molar-refractivity contribution < 1.29 is 19.1 Å². The SMILES string of the molecule is Cc1ccc(NC(=O)CCC(=O)NNC(=O)c2ccc(OCC(C)C)cc2)c(C)c1. The monoisotopic (exact) mass is 411 g/mol. The summed E-state index contributed by atoms with van der Waals surface area (Å²) in [5.41, 5.74) is 7.85. The van der Waals surface area contributed by atoms with Crippen molar-refractivity contribution in [1.29, 1.82) is 0 Å². The van der Waals surface area contributed by atoms with Crippen LogP contribution in [0.4, 0.5) is 5.69 Å². The molecule has 0 unspecified atom stereocenters. The summed E-state index contributed by atoms with van der Waals surface area (Å²) in [5.74, 6) is -0.0692. The Labute approximate surface area is 177 Å². The molecule has 0 aromatic heterocycles. The average molecular weight is 412 g/mol. The third-order valence-electron chi connectivity index (χ3n) is 4.25. The number of benzene rings is 2. The summed E-state index contributed by atoms with van der Waals surface area (Å²) in [7, 11) is 0. The largest absolute Gasteiger partial charge is 0.493 e. The second kappa shape index (κ2) is 11.0. The second-order valence-corrected chi connectivity index (χ2v) is 7.60. The zero-order valence-electron chi connectivity index (χ0n) is 17.9. The molecule has 0 saturated carbocycles. The summed E-state index contributed by atoms with van der Waals surface area (Å²) in [6.45, 7) is 8.59. The maximum atomic E-state index is 12.1. The molecule has 2 aromatic rings. The first kappa shape index (κ1) is 22.9. The lowest BCUT2D eigenvalue weighted by Gasteiger charge is -2.11. The van der Waals surface area contributed by atoms with Crippen LogP contribution in [0.3, 0.4) is 0 Å². The van der Waals surface area contributed by atoms with Gasteiger partial charge in [-0.1, -0.05) is 31.5 Å². The van der Waals surface area contributed by atoms with Gasteiger partial charge in [-0.25, -0.2) is 0 Å². The Morgan fingerprint density at radius 1 is 0.900 bits per heavy atom. The Morgan fingerprint density at radius 2 is 1.57 bits per heavy atom. The van der Waals surface area contributed by atoms with E-state index in [2.05, 4.69) is 30.0 Å². The molecule has 0 atom stereocenters. The molecule has 0 aliphatic carbocycles. The van der Waals surface area contributed by atoms with Gasteiger partial charge in [0, 0.05) is 24.1 Å². The lowest BCUT2D eigenvalue weighted by molar-refractivity contribution is -0.124. The fourth-order valence-corrected chi connectivity index (χ4v) is 2.62. The number of aryl methyl sites for hydroxylation is 2. The zero-order chi connectivity index (χ0) is 22.1. The van der Waals surface area contributed by atoms with Crippen molar-refractivity contribution in [3.8, 4) is 5.75 Å². The van der Waals surface area contributed by atoms with Crippen LogP contribution in [-0.4, -0.2) is 24.3 Å². The molecular formula is C23H29N3O4. The fraction of sp³-hybridized carbons (Fsp3) is 0.348. The Morgan fingerprint density at radius 3 is 2.20 bits per heavy atom. The van der Waals surface area contributed by atoms with Gasteiger partial charge in [-0.15, -0.1) is 0 Å². The van der Waals surface area contributed by atoms with E-state index in [-0.39, 0.29) is 18.7 Å². The predicted molar refractivity (Wildman–Crippen MR) is 116 cm³/mol. The zero-order valence-corrected chi connectivity index (χ0v) is 17.9. The first-order valence-electron chi connectivity index (χ1n) is 9.93. The van der Waals surface area contributed by atoms with E-state index < -0.39 is 11.8 Å². The third-order valence-corrected chi connectivity index (χ3v) is 4.25. The maximum absolute atomic E-state index is 12.1. The molecule has 30 heavy (non-hydrogen) atoms. The highest BCUT2D eigenvalue weighted by atomic mass is 16.5. The molecule has 3 amide bonds. The molecule has 2 aromatic carbocycles. The Bertz CT molecular complexity index is 892. The molecule has 0 fully saturated rings. The van der Waals surface area contributed by atoms with E-state index >= 15 is 0 Å². The van der Waals surface area contributed by atoms with Gasteiger partial charge >= 0.3 is 0 Å². The summed E-state index contributed by atoms with van der Waals surface area (Å²) >= 11 is 0. The van der Waals surface area contributed by atoms with Crippen molar-refractivity contribution in [1.82, 2.24) is 10.9 Å². The van der Waals surface area contributed by atoms with Crippen molar-refractivity contribution >= 4 is 23.4 Å². The van der Waals surface area contributed by atoms with E-state index in [1.54, 1.807) is 24.3 Å². The number of hydrazine groups is 1. The number of ether oxygens (including phenoxy) is 1. The number of nitrogens with one attached hydrogen (secondary N) is 3. The minimum Gasteiger partial charge on any atom is -0.493 e. The van der Waals surface area contributed by atoms with Crippen LogP contribution in [0.25, 0.3) is 0 Å². The maximum Gasteiger partial charge on any atom is 0.269 e. The Kier molecular flexibility index (Phi) is 8.41. The van der Waals surface area contributed by atoms with Crippen molar-refractivity contribution in [2.24, 2.45) is 5.92 Å². The third kappa shape index (κ3) is 7.58. The number of carbonyl (C=O) groups is 3. The summed E-state index contributed by atoms with van der Waals surface area (Å²) in [6, 6.07) is 12.4. The van der Waals surface area contributed by atoms with Gasteiger partial charge in [0.05, 0.1) is 6.61 Å². The predicted octanol–water partition coefficient (Wildman–Crippen LogP) is 3.52. The highest BCUT2D eigenvalue weighted by molar-refractivity contribution is 5.96. The number of amides is 3. The minimum absolute atomic E-state index is 0.0108. The van der Waals surface area contributed by atoms with Crippen molar-refractivity contribution in [3.05, 3.63) is 59.2 Å². The number of carbonyl (C=O) groups excluding carboxylic acids is 3. The molecule has 0 aliphatic heterocycles. The Hall–Kier alpha value is -3.35. The smallest absolute Gasteiger partial charge is 0.269 e. The average Bonchev–Trinajstić information content (AvgIpc) is 2.71. The molecule has 160 valence electrons. The minimum atomic E-state index is -0.448. The molecule has 0 saturated heterocycles. The Balaban J connectivity index is 1.73. The molecule has 0 heterocycles. The first-order valence-corrected chi connectivity index (χ1v) is 9.93. The van der Waals surface area contributed by atoms with Crippen molar-refractivity contribution in [2.45, 2.75) is 40.5 Å². The highest BCUT2D eigenvalue weighted by Gasteiger charge is 2.11. The lowest BCUT2D eigenvalue weighted by Crippen LogP contribution is -2.41. The molecule has 0 bridgehead atoms.